The zero-order valence-corrected chi connectivity index (χ0v) is 14.0. The van der Waals surface area contributed by atoms with E-state index in [4.69, 9.17) is 5.73 Å². The van der Waals surface area contributed by atoms with Crippen molar-refractivity contribution in [1.29, 1.82) is 0 Å². The van der Waals surface area contributed by atoms with E-state index in [0.717, 1.165) is 32.4 Å². The summed E-state index contributed by atoms with van der Waals surface area (Å²) in [6.45, 7) is 6.03. The summed E-state index contributed by atoms with van der Waals surface area (Å²) in [5.41, 5.74) is 7.85. The highest BCUT2D eigenvalue weighted by Crippen LogP contribution is 2.16. The molecule has 1 atom stereocenters. The van der Waals surface area contributed by atoms with Gasteiger partial charge in [0.2, 0.25) is 11.8 Å². The maximum Gasteiger partial charge on any atom is 0.234 e. The largest absolute Gasteiger partial charge is 0.369 e. The van der Waals surface area contributed by atoms with Gasteiger partial charge in [-0.05, 0) is 57.3 Å². The standard InChI is InChI=1S/C18H27N3O2/c1-13-5-3-4-6-16(13)11-14(2)20-17(22)12-21-9-7-15(8-10-21)18(19)23/h3-6,14-15H,7-12H2,1-2H3,(H2,19,23)(H,20,22). The Labute approximate surface area is 138 Å². The number of primary amides is 1. The second-order valence-electron chi connectivity index (χ2n) is 6.55. The molecule has 2 rings (SSSR count). The van der Waals surface area contributed by atoms with Gasteiger partial charge >= 0.3 is 0 Å². The molecule has 1 aliphatic rings. The van der Waals surface area contributed by atoms with Gasteiger partial charge in [-0.15, -0.1) is 0 Å². The van der Waals surface area contributed by atoms with Gasteiger partial charge < -0.3 is 11.1 Å². The number of carbonyl (C=O) groups excluding carboxylic acids is 2. The highest BCUT2D eigenvalue weighted by atomic mass is 16.2. The number of rotatable bonds is 6. The number of hydrogen-bond acceptors (Lipinski definition) is 3. The molecule has 0 spiro atoms. The molecule has 0 radical (unpaired) electrons. The van der Waals surface area contributed by atoms with Crippen LogP contribution in [0.25, 0.3) is 0 Å². The van der Waals surface area contributed by atoms with E-state index in [0.29, 0.717) is 6.54 Å². The second kappa shape index (κ2) is 8.11. The SMILES string of the molecule is Cc1ccccc1CC(C)NC(=O)CN1CCC(C(N)=O)CC1. The summed E-state index contributed by atoms with van der Waals surface area (Å²) in [5, 5.41) is 3.06. The number of likely N-dealkylation sites (tertiary alicyclic amines) is 1. The average molecular weight is 317 g/mol. The molecule has 1 saturated heterocycles. The third kappa shape index (κ3) is 5.36. The van der Waals surface area contributed by atoms with Crippen LogP contribution in [0.15, 0.2) is 24.3 Å². The Balaban J connectivity index is 1.74. The van der Waals surface area contributed by atoms with E-state index in [1.165, 1.54) is 11.1 Å². The Kier molecular flexibility index (Phi) is 6.16. The number of amides is 2. The van der Waals surface area contributed by atoms with Crippen molar-refractivity contribution in [3.05, 3.63) is 35.4 Å². The van der Waals surface area contributed by atoms with Crippen LogP contribution in [0.1, 0.15) is 30.9 Å². The third-order valence-corrected chi connectivity index (χ3v) is 4.55. The number of hydrogen-bond donors (Lipinski definition) is 2. The Morgan fingerprint density at radius 2 is 1.96 bits per heavy atom. The summed E-state index contributed by atoms with van der Waals surface area (Å²) in [6, 6.07) is 8.35. The number of carbonyl (C=O) groups is 2. The van der Waals surface area contributed by atoms with Gasteiger partial charge in [0.25, 0.3) is 0 Å². The number of benzene rings is 1. The van der Waals surface area contributed by atoms with Crippen molar-refractivity contribution >= 4 is 11.8 Å². The molecular weight excluding hydrogens is 290 g/mol. The first kappa shape index (κ1) is 17.5. The molecule has 23 heavy (non-hydrogen) atoms. The first-order valence-corrected chi connectivity index (χ1v) is 8.31. The molecule has 1 heterocycles. The van der Waals surface area contributed by atoms with Crippen LogP contribution in [0.5, 0.6) is 0 Å². The van der Waals surface area contributed by atoms with E-state index in [2.05, 4.69) is 29.3 Å². The fraction of sp³-hybridized carbons (Fsp3) is 0.556. The number of nitrogens with one attached hydrogen (secondary N) is 1. The van der Waals surface area contributed by atoms with Gasteiger partial charge in [-0.2, -0.15) is 0 Å². The van der Waals surface area contributed by atoms with Crippen LogP contribution in [0.3, 0.4) is 0 Å². The minimum Gasteiger partial charge on any atom is -0.369 e. The summed E-state index contributed by atoms with van der Waals surface area (Å²) in [7, 11) is 0. The van der Waals surface area contributed by atoms with Crippen molar-refractivity contribution in [2.45, 2.75) is 39.2 Å². The summed E-state index contributed by atoms with van der Waals surface area (Å²) in [6.07, 6.45) is 2.34. The van der Waals surface area contributed by atoms with Crippen LogP contribution in [-0.2, 0) is 16.0 Å². The smallest absolute Gasteiger partial charge is 0.234 e. The number of aryl methyl sites for hydroxylation is 1. The lowest BCUT2D eigenvalue weighted by Gasteiger charge is -2.30. The molecule has 0 saturated carbocycles. The maximum absolute atomic E-state index is 12.2. The van der Waals surface area contributed by atoms with E-state index in [1.54, 1.807) is 0 Å². The molecule has 126 valence electrons. The summed E-state index contributed by atoms with van der Waals surface area (Å²) in [5.74, 6) is -0.209. The minimum atomic E-state index is -0.221. The van der Waals surface area contributed by atoms with Gasteiger partial charge in [0.05, 0.1) is 6.54 Å². The van der Waals surface area contributed by atoms with Crippen molar-refractivity contribution in [2.75, 3.05) is 19.6 Å². The van der Waals surface area contributed by atoms with Crippen molar-refractivity contribution in [3.8, 4) is 0 Å². The van der Waals surface area contributed by atoms with Crippen molar-refractivity contribution in [1.82, 2.24) is 10.2 Å². The number of nitrogens with zero attached hydrogens (tertiary/aromatic N) is 1. The second-order valence-corrected chi connectivity index (χ2v) is 6.55. The highest BCUT2D eigenvalue weighted by molar-refractivity contribution is 5.78. The molecular formula is C18H27N3O2. The molecule has 1 unspecified atom stereocenters. The van der Waals surface area contributed by atoms with Crippen LogP contribution in [0, 0.1) is 12.8 Å². The topological polar surface area (TPSA) is 75.4 Å². The molecule has 1 aromatic rings. The minimum absolute atomic E-state index is 0.0331. The predicted octanol–water partition coefficient (Wildman–Crippen LogP) is 1.24. The monoisotopic (exact) mass is 317 g/mol. The molecule has 5 heteroatoms. The van der Waals surface area contributed by atoms with Crippen LogP contribution >= 0.6 is 0 Å². The van der Waals surface area contributed by atoms with Gasteiger partial charge in [-0.3, -0.25) is 14.5 Å². The van der Waals surface area contributed by atoms with Gasteiger partial charge in [-0.1, -0.05) is 24.3 Å². The Bertz CT molecular complexity index is 551. The number of piperidine rings is 1. The summed E-state index contributed by atoms with van der Waals surface area (Å²) < 4.78 is 0. The normalized spacial score (nSPS) is 17.7. The Hall–Kier alpha value is -1.88. The van der Waals surface area contributed by atoms with Crippen molar-refractivity contribution < 1.29 is 9.59 Å². The first-order valence-electron chi connectivity index (χ1n) is 8.31. The summed E-state index contributed by atoms with van der Waals surface area (Å²) in [4.78, 5) is 25.4. The van der Waals surface area contributed by atoms with E-state index >= 15 is 0 Å². The third-order valence-electron chi connectivity index (χ3n) is 4.55. The van der Waals surface area contributed by atoms with Gasteiger partial charge in [0.1, 0.15) is 0 Å². The molecule has 0 aromatic heterocycles. The van der Waals surface area contributed by atoms with Crippen molar-refractivity contribution in [2.24, 2.45) is 11.7 Å². The van der Waals surface area contributed by atoms with E-state index < -0.39 is 0 Å². The van der Waals surface area contributed by atoms with Crippen LogP contribution in [0.4, 0.5) is 0 Å². The van der Waals surface area contributed by atoms with Crippen LogP contribution in [-0.4, -0.2) is 42.4 Å². The summed E-state index contributed by atoms with van der Waals surface area (Å²) >= 11 is 0. The highest BCUT2D eigenvalue weighted by Gasteiger charge is 2.24. The zero-order valence-electron chi connectivity index (χ0n) is 14.0. The fourth-order valence-electron chi connectivity index (χ4n) is 3.12. The van der Waals surface area contributed by atoms with Crippen LogP contribution < -0.4 is 11.1 Å². The van der Waals surface area contributed by atoms with Crippen LogP contribution in [0.2, 0.25) is 0 Å². The molecule has 0 bridgehead atoms. The lowest BCUT2D eigenvalue weighted by Crippen LogP contribution is -2.45. The molecule has 1 aromatic carbocycles. The van der Waals surface area contributed by atoms with Crippen molar-refractivity contribution in [3.63, 3.8) is 0 Å². The molecule has 5 nitrogen and oxygen atoms in total. The van der Waals surface area contributed by atoms with E-state index in [-0.39, 0.29) is 23.8 Å². The van der Waals surface area contributed by atoms with Gasteiger partial charge in [-0.25, -0.2) is 0 Å². The van der Waals surface area contributed by atoms with Gasteiger partial charge in [0, 0.05) is 12.0 Å². The average Bonchev–Trinajstić information content (AvgIpc) is 2.50. The van der Waals surface area contributed by atoms with Gasteiger partial charge in [0.15, 0.2) is 0 Å². The predicted molar refractivity (Wildman–Crippen MR) is 90.8 cm³/mol. The Morgan fingerprint density at radius 3 is 2.57 bits per heavy atom. The Morgan fingerprint density at radius 1 is 1.30 bits per heavy atom. The van der Waals surface area contributed by atoms with E-state index in [1.807, 2.05) is 19.1 Å². The molecule has 0 aliphatic carbocycles. The first-order chi connectivity index (χ1) is 11.0. The quantitative estimate of drug-likeness (QED) is 0.829. The number of nitrogens with two attached hydrogens (primary N) is 1. The lowest BCUT2D eigenvalue weighted by molar-refractivity contribution is -0.124. The van der Waals surface area contributed by atoms with E-state index in [9.17, 15) is 9.59 Å². The maximum atomic E-state index is 12.2. The molecule has 1 aliphatic heterocycles. The molecule has 2 amide bonds. The molecule has 3 N–H and O–H groups in total. The fourth-order valence-corrected chi connectivity index (χ4v) is 3.12. The lowest BCUT2D eigenvalue weighted by atomic mass is 9.96. The molecule has 1 fully saturated rings. The zero-order chi connectivity index (χ0) is 16.8.